The molecule has 9 N–H and O–H groups in total. The summed E-state index contributed by atoms with van der Waals surface area (Å²) in [4.78, 5) is 12.5. The highest BCUT2D eigenvalue weighted by molar-refractivity contribution is 8.04. The molecule has 0 saturated heterocycles. The fourth-order valence-corrected chi connectivity index (χ4v) is 6.67. The van der Waals surface area contributed by atoms with Crippen molar-refractivity contribution in [3.05, 3.63) is 53.4 Å². The number of nitrogens with two attached hydrogens (primary N) is 2. The highest BCUT2D eigenvalue weighted by Crippen LogP contribution is 2.43. The molecule has 0 saturated carbocycles. The number of benzene rings is 3. The van der Waals surface area contributed by atoms with Crippen LogP contribution in [0.2, 0.25) is 0 Å². The van der Waals surface area contributed by atoms with Gasteiger partial charge in [0.25, 0.3) is 20.2 Å². The zero-order valence-corrected chi connectivity index (χ0v) is 29.3. The molecule has 23 nitrogen and oxygen atoms in total. The van der Waals surface area contributed by atoms with Crippen LogP contribution < -0.4 is 11.5 Å². The van der Waals surface area contributed by atoms with Gasteiger partial charge in [0.2, 0.25) is 0 Å². The maximum atomic E-state index is 12.7. The van der Waals surface area contributed by atoms with Gasteiger partial charge in [0.15, 0.2) is 15.9 Å². The average Bonchev–Trinajstić information content (AvgIpc) is 3.02. The van der Waals surface area contributed by atoms with Gasteiger partial charge in [-0.05, 0) is 64.6 Å². The number of rotatable bonds is 14. The van der Waals surface area contributed by atoms with Crippen molar-refractivity contribution < 1.29 is 62.0 Å². The molecular weight excluding hydrogens is 789 g/mol. The Labute approximate surface area is 293 Å². The molecule has 51 heavy (non-hydrogen) atoms. The molecule has 276 valence electrons. The van der Waals surface area contributed by atoms with Crippen molar-refractivity contribution in [2.45, 2.75) is 19.6 Å². The second-order valence-corrected chi connectivity index (χ2v) is 16.0. The summed E-state index contributed by atoms with van der Waals surface area (Å²) in [5.74, 6) is -0.649. The van der Waals surface area contributed by atoms with Gasteiger partial charge in [0.1, 0.15) is 26.9 Å². The predicted octanol–water partition coefficient (Wildman–Crippen LogP) is 2.50. The highest BCUT2D eigenvalue weighted by atomic mass is 32.3. The van der Waals surface area contributed by atoms with Gasteiger partial charge in [-0.15, -0.1) is 20.2 Å². The second kappa shape index (κ2) is 16.9. The van der Waals surface area contributed by atoms with Crippen LogP contribution in [0.25, 0.3) is 0 Å². The van der Waals surface area contributed by atoms with E-state index in [1.807, 2.05) is 6.11 Å². The normalized spacial score (nSPS) is 12.2. The monoisotopic (exact) mass is 812 g/mol. The van der Waals surface area contributed by atoms with Crippen molar-refractivity contribution in [3.63, 3.8) is 0 Å². The number of hydrogen-bond acceptors (Lipinski definition) is 19. The first-order valence-corrected chi connectivity index (χ1v) is 19.3. The summed E-state index contributed by atoms with van der Waals surface area (Å²) < 4.78 is 126. The number of nitrogens with zero attached hydrogens (tertiary/aromatic N) is 6. The van der Waals surface area contributed by atoms with Crippen molar-refractivity contribution in [3.8, 4) is 11.4 Å². The summed E-state index contributed by atoms with van der Waals surface area (Å²) >= 11 is 0.847. The van der Waals surface area contributed by atoms with Gasteiger partial charge in [0, 0.05) is 17.2 Å². The summed E-state index contributed by atoms with van der Waals surface area (Å²) in [7, 11) is -18.0. The second-order valence-electron chi connectivity index (χ2n) is 9.21. The van der Waals surface area contributed by atoms with E-state index in [-0.39, 0.29) is 17.7 Å². The van der Waals surface area contributed by atoms with Gasteiger partial charge in [-0.3, -0.25) is 23.6 Å². The Bertz CT molecular complexity index is 2360. The molecule has 0 radical (unpaired) electrons. The van der Waals surface area contributed by atoms with E-state index in [4.69, 9.17) is 16.0 Å². The van der Waals surface area contributed by atoms with Crippen LogP contribution in [0.3, 0.4) is 0 Å². The van der Waals surface area contributed by atoms with Gasteiger partial charge in [-0.2, -0.15) is 30.4 Å². The number of anilines is 2. The van der Waals surface area contributed by atoms with Gasteiger partial charge < -0.3 is 16.9 Å². The molecule has 0 fully saturated rings. The first-order chi connectivity index (χ1) is 23.1. The Morgan fingerprint density at radius 2 is 1.41 bits per heavy atom. The van der Waals surface area contributed by atoms with Gasteiger partial charge in [-0.25, -0.2) is 8.42 Å². The quantitative estimate of drug-likeness (QED) is 0.0228. The minimum absolute atomic E-state index is 0. The first kappa shape index (κ1) is 42.3. The molecule has 0 aliphatic carbocycles. The Kier molecular flexibility index (Phi) is 14.0. The molecule has 0 heterocycles. The molecule has 0 spiro atoms. The third-order valence-electron chi connectivity index (χ3n) is 5.73. The lowest BCUT2D eigenvalue weighted by Gasteiger charge is -2.11. The maximum Gasteiger partial charge on any atom is 0.433 e. The predicted molar refractivity (Wildman–Crippen MR) is 178 cm³/mol. The minimum Gasteiger partial charge on any atom is -0.412 e. The summed E-state index contributed by atoms with van der Waals surface area (Å²) in [6.07, 6.45) is 1.85. The van der Waals surface area contributed by atoms with Crippen LogP contribution in [0.5, 0.6) is 0 Å². The van der Waals surface area contributed by atoms with Crippen molar-refractivity contribution >= 4 is 86.4 Å². The Balaban J connectivity index is 0.00000901. The van der Waals surface area contributed by atoms with E-state index in [0.29, 0.717) is 17.0 Å². The van der Waals surface area contributed by atoms with Crippen molar-refractivity contribution in [2.24, 2.45) is 25.7 Å². The standard InChI is InChI=1S/C23H22N8O14S5.H2O/c1-31(30-32)8-11-47(33,34)16-6-7-17(19(12-16)48(35,36)37)27-28-18-13-20(49(38,39)40)22(25)23(21(18)24)29-26-14-2-4-15(5-3-14)46-10-9-44-45-50(41,42)43;/h2-7,12-13H,8,11,24-25H2,1H3,(H,35,36,37)(H,38,39,40)(H,41,42,43);1H2. The third kappa shape index (κ3) is 12.2. The van der Waals surface area contributed by atoms with E-state index < -0.39 is 89.3 Å². The summed E-state index contributed by atoms with van der Waals surface area (Å²) in [5, 5.41) is 20.8. The zero-order chi connectivity index (χ0) is 37.5. The SMILES string of the molecule is CN(CCS(=O)(=O)c1ccc(N=Nc2cc(S(=O)(=O)O)c(N)c(N=Nc3ccc(SC#COOS(=O)(=O)O)cc3)c2N)c(S(=O)(=O)O)c1)N=O.O. The molecule has 0 atom stereocenters. The smallest absolute Gasteiger partial charge is 0.412 e. The van der Waals surface area contributed by atoms with E-state index >= 15 is 0 Å². The average molecular weight is 813 g/mol. The van der Waals surface area contributed by atoms with Crippen LogP contribution in [0.1, 0.15) is 0 Å². The van der Waals surface area contributed by atoms with E-state index in [2.05, 4.69) is 40.2 Å². The molecule has 0 aliphatic heterocycles. The minimum atomic E-state index is -5.14. The lowest BCUT2D eigenvalue weighted by molar-refractivity contribution is -0.135. The number of azo groups is 2. The summed E-state index contributed by atoms with van der Waals surface area (Å²) in [6.45, 7) is -0.337. The molecule has 0 amide bonds. The van der Waals surface area contributed by atoms with Crippen molar-refractivity contribution in [1.82, 2.24) is 5.01 Å². The Morgan fingerprint density at radius 1 is 0.804 bits per heavy atom. The topological polar surface area (TPSA) is 381 Å². The molecule has 0 bridgehead atoms. The molecule has 0 aliphatic rings. The molecule has 3 rings (SSSR count). The van der Waals surface area contributed by atoms with Crippen LogP contribution in [0.4, 0.5) is 34.1 Å². The zero-order valence-electron chi connectivity index (χ0n) is 25.2. The van der Waals surface area contributed by atoms with E-state index in [0.717, 1.165) is 28.9 Å². The molecule has 0 unspecified atom stereocenters. The first-order valence-electron chi connectivity index (χ1n) is 12.6. The summed E-state index contributed by atoms with van der Waals surface area (Å²) in [6, 6.07) is 8.83. The van der Waals surface area contributed by atoms with Crippen LogP contribution >= 0.6 is 11.8 Å². The molecule has 0 aromatic heterocycles. The fraction of sp³-hybridized carbons (Fsp3) is 0.130. The Morgan fingerprint density at radius 3 is 1.98 bits per heavy atom. The Hall–Kier alpha value is -4.83. The maximum absolute atomic E-state index is 12.7. The van der Waals surface area contributed by atoms with E-state index in [1.165, 1.54) is 31.3 Å². The number of nitrogen functional groups attached to an aromatic ring is 2. The van der Waals surface area contributed by atoms with Gasteiger partial charge in [0.05, 0.1) is 39.5 Å². The number of nitroso groups, excluding NO2 is 1. The van der Waals surface area contributed by atoms with Crippen LogP contribution in [0, 0.1) is 16.3 Å². The van der Waals surface area contributed by atoms with E-state index in [9.17, 15) is 47.7 Å². The van der Waals surface area contributed by atoms with Crippen molar-refractivity contribution in [1.29, 1.82) is 0 Å². The molecule has 28 heteroatoms. The van der Waals surface area contributed by atoms with Crippen LogP contribution in [-0.2, 0) is 49.7 Å². The number of sulfone groups is 1. The van der Waals surface area contributed by atoms with E-state index in [1.54, 1.807) is 0 Å². The molecular formula is C23H24N8O15S5. The number of thioether (sulfide) groups is 1. The molecule has 3 aromatic carbocycles. The van der Waals surface area contributed by atoms with Crippen molar-refractivity contribution in [2.75, 3.05) is 30.8 Å². The van der Waals surface area contributed by atoms with Gasteiger partial charge >= 0.3 is 10.4 Å². The largest absolute Gasteiger partial charge is 0.433 e. The number of hydrogen-bond donors (Lipinski definition) is 5. The lowest BCUT2D eigenvalue weighted by Crippen LogP contribution is -2.21. The summed E-state index contributed by atoms with van der Waals surface area (Å²) in [5.41, 5.74) is 9.35. The van der Waals surface area contributed by atoms with Gasteiger partial charge in [-0.1, -0.05) is 0 Å². The third-order valence-corrected chi connectivity index (χ3v) is 10.1. The molecule has 3 aromatic rings. The fourth-order valence-electron chi connectivity index (χ4n) is 3.41. The lowest BCUT2D eigenvalue weighted by atomic mass is 10.2. The highest BCUT2D eigenvalue weighted by Gasteiger charge is 2.25. The van der Waals surface area contributed by atoms with Crippen LogP contribution in [0.15, 0.2) is 93.9 Å². The van der Waals surface area contributed by atoms with Crippen LogP contribution in [-0.4, -0.2) is 77.2 Å².